The zero-order valence-corrected chi connectivity index (χ0v) is 19.3. The molecule has 3 aromatic carbocycles. The number of benzene rings is 3. The first-order valence-corrected chi connectivity index (χ1v) is 10.5. The van der Waals surface area contributed by atoms with Gasteiger partial charge in [0.15, 0.2) is 0 Å². The third-order valence-electron chi connectivity index (χ3n) is 5.11. The van der Waals surface area contributed by atoms with Gasteiger partial charge in [-0.25, -0.2) is 9.59 Å². The number of rotatable bonds is 6. The SMILES string of the molecule is COC(=O)c1ccc(Oc2c(C(F)(F)F)oc3cc(OC(=O)c4ccccc4OC)ccc3c2=O)cc1. The van der Waals surface area contributed by atoms with E-state index in [9.17, 15) is 27.6 Å². The molecule has 0 aliphatic heterocycles. The smallest absolute Gasteiger partial charge is 0.453 e. The van der Waals surface area contributed by atoms with Crippen LogP contribution in [-0.2, 0) is 10.9 Å². The number of halogens is 3. The summed E-state index contributed by atoms with van der Waals surface area (Å²) < 4.78 is 66.6. The van der Waals surface area contributed by atoms with E-state index < -0.39 is 40.6 Å². The first-order valence-electron chi connectivity index (χ1n) is 10.5. The van der Waals surface area contributed by atoms with Crippen LogP contribution in [0.1, 0.15) is 26.5 Å². The molecule has 0 saturated carbocycles. The lowest BCUT2D eigenvalue weighted by Crippen LogP contribution is -2.16. The minimum absolute atomic E-state index is 0.0875. The van der Waals surface area contributed by atoms with Gasteiger partial charge in [0.2, 0.25) is 11.2 Å². The van der Waals surface area contributed by atoms with Gasteiger partial charge < -0.3 is 23.4 Å². The van der Waals surface area contributed by atoms with Crippen molar-refractivity contribution in [1.29, 1.82) is 0 Å². The van der Waals surface area contributed by atoms with E-state index in [1.165, 1.54) is 56.7 Å². The van der Waals surface area contributed by atoms with Crippen molar-refractivity contribution >= 4 is 22.9 Å². The molecular weight excluding hydrogens is 497 g/mol. The maximum absolute atomic E-state index is 13.8. The monoisotopic (exact) mass is 514 g/mol. The highest BCUT2D eigenvalue weighted by Crippen LogP contribution is 2.38. The molecule has 11 heteroatoms. The zero-order valence-electron chi connectivity index (χ0n) is 19.3. The van der Waals surface area contributed by atoms with E-state index in [-0.39, 0.29) is 33.8 Å². The summed E-state index contributed by atoms with van der Waals surface area (Å²) in [4.78, 5) is 37.1. The second kappa shape index (κ2) is 10.1. The first-order chi connectivity index (χ1) is 17.6. The van der Waals surface area contributed by atoms with Crippen LogP contribution in [0.25, 0.3) is 11.0 Å². The predicted octanol–water partition coefficient (Wildman–Crippen LogP) is 5.62. The van der Waals surface area contributed by atoms with Crippen molar-refractivity contribution < 1.29 is 46.1 Å². The first kappa shape index (κ1) is 25.3. The molecule has 8 nitrogen and oxygen atoms in total. The number of para-hydroxylation sites is 1. The number of methoxy groups -OCH3 is 2. The minimum atomic E-state index is -5.10. The van der Waals surface area contributed by atoms with Crippen LogP contribution in [0.2, 0.25) is 0 Å². The molecule has 190 valence electrons. The Balaban J connectivity index is 1.72. The Morgan fingerprint density at radius 3 is 2.19 bits per heavy atom. The van der Waals surface area contributed by atoms with E-state index in [0.717, 1.165) is 12.1 Å². The van der Waals surface area contributed by atoms with Crippen LogP contribution in [0, 0.1) is 0 Å². The molecule has 4 rings (SSSR count). The van der Waals surface area contributed by atoms with Gasteiger partial charge in [-0.05, 0) is 48.5 Å². The highest BCUT2D eigenvalue weighted by molar-refractivity contribution is 5.94. The largest absolute Gasteiger partial charge is 0.496 e. The van der Waals surface area contributed by atoms with Gasteiger partial charge in [-0.3, -0.25) is 4.79 Å². The van der Waals surface area contributed by atoms with Crippen molar-refractivity contribution in [2.75, 3.05) is 14.2 Å². The van der Waals surface area contributed by atoms with Crippen LogP contribution >= 0.6 is 0 Å². The average Bonchev–Trinajstić information content (AvgIpc) is 2.89. The number of esters is 2. The summed E-state index contributed by atoms with van der Waals surface area (Å²) >= 11 is 0. The fourth-order valence-corrected chi connectivity index (χ4v) is 3.37. The third kappa shape index (κ3) is 5.25. The summed E-state index contributed by atoms with van der Waals surface area (Å²) in [6.07, 6.45) is -5.10. The molecule has 0 saturated heterocycles. The fraction of sp³-hybridized carbons (Fsp3) is 0.115. The maximum atomic E-state index is 13.8. The van der Waals surface area contributed by atoms with Gasteiger partial charge in [-0.2, -0.15) is 13.2 Å². The molecule has 0 spiro atoms. The number of fused-ring (bicyclic) bond motifs is 1. The number of ether oxygens (including phenoxy) is 4. The van der Waals surface area contributed by atoms with Crippen molar-refractivity contribution in [3.63, 3.8) is 0 Å². The van der Waals surface area contributed by atoms with Crippen LogP contribution in [0.5, 0.6) is 23.0 Å². The van der Waals surface area contributed by atoms with Gasteiger partial charge in [0.05, 0.1) is 25.2 Å². The van der Waals surface area contributed by atoms with E-state index in [1.54, 1.807) is 12.1 Å². The summed E-state index contributed by atoms with van der Waals surface area (Å²) in [5, 5.41) is -0.244. The van der Waals surface area contributed by atoms with Gasteiger partial charge in [0, 0.05) is 6.07 Å². The lowest BCUT2D eigenvalue weighted by Gasteiger charge is -2.14. The minimum Gasteiger partial charge on any atom is -0.496 e. The number of alkyl halides is 3. The van der Waals surface area contributed by atoms with E-state index >= 15 is 0 Å². The molecule has 0 aliphatic carbocycles. The molecule has 0 fully saturated rings. The number of carbonyl (C=O) groups is 2. The van der Waals surface area contributed by atoms with Crippen LogP contribution < -0.4 is 19.6 Å². The van der Waals surface area contributed by atoms with Gasteiger partial charge >= 0.3 is 18.1 Å². The van der Waals surface area contributed by atoms with E-state index in [1.807, 2.05) is 0 Å². The van der Waals surface area contributed by atoms with Crippen molar-refractivity contribution in [3.05, 3.63) is 93.8 Å². The van der Waals surface area contributed by atoms with Gasteiger partial charge in [0.25, 0.3) is 5.76 Å². The molecule has 37 heavy (non-hydrogen) atoms. The number of hydrogen-bond acceptors (Lipinski definition) is 8. The summed E-state index contributed by atoms with van der Waals surface area (Å²) in [5.74, 6) is -4.33. The van der Waals surface area contributed by atoms with Gasteiger partial charge in [0.1, 0.15) is 28.4 Å². The Bertz CT molecular complexity index is 1540. The van der Waals surface area contributed by atoms with E-state index in [4.69, 9.17) is 18.6 Å². The summed E-state index contributed by atoms with van der Waals surface area (Å²) in [6.45, 7) is 0. The van der Waals surface area contributed by atoms with Gasteiger partial charge in [-0.15, -0.1) is 0 Å². The summed E-state index contributed by atoms with van der Waals surface area (Å²) in [5.41, 5.74) is -1.36. The lowest BCUT2D eigenvalue weighted by atomic mass is 10.2. The lowest BCUT2D eigenvalue weighted by molar-refractivity contribution is -0.154. The standard InChI is InChI=1S/C26H17F3O8/c1-33-19-6-4-3-5-18(19)25(32)36-16-11-12-17-20(13-16)37-23(26(27,28)29)22(21(17)30)35-15-9-7-14(8-10-15)24(31)34-2/h3-13H,1-2H3. The Morgan fingerprint density at radius 2 is 1.54 bits per heavy atom. The maximum Gasteiger partial charge on any atom is 0.453 e. The molecule has 0 aliphatic rings. The Morgan fingerprint density at radius 1 is 0.865 bits per heavy atom. The van der Waals surface area contributed by atoms with Gasteiger partial charge in [-0.1, -0.05) is 12.1 Å². The average molecular weight is 514 g/mol. The molecular formula is C26H17F3O8. The van der Waals surface area contributed by atoms with Crippen molar-refractivity contribution in [2.45, 2.75) is 6.18 Å². The molecule has 1 aromatic heterocycles. The Labute approximate surface area is 206 Å². The molecule has 0 bridgehead atoms. The fourth-order valence-electron chi connectivity index (χ4n) is 3.37. The highest BCUT2D eigenvalue weighted by Gasteiger charge is 2.40. The molecule has 4 aromatic rings. The van der Waals surface area contributed by atoms with Crippen LogP contribution in [0.3, 0.4) is 0 Å². The zero-order chi connectivity index (χ0) is 26.7. The molecule has 0 amide bonds. The van der Waals surface area contributed by atoms with E-state index in [0.29, 0.717) is 0 Å². The molecule has 0 unspecified atom stereocenters. The van der Waals surface area contributed by atoms with Crippen LogP contribution in [0.15, 0.2) is 75.9 Å². The van der Waals surface area contributed by atoms with Crippen LogP contribution in [0.4, 0.5) is 13.2 Å². The normalized spacial score (nSPS) is 11.2. The second-order valence-electron chi connectivity index (χ2n) is 7.45. The molecule has 0 N–H and O–H groups in total. The Hall–Kier alpha value is -4.80. The highest BCUT2D eigenvalue weighted by atomic mass is 19.4. The topological polar surface area (TPSA) is 101 Å². The summed E-state index contributed by atoms with van der Waals surface area (Å²) in [7, 11) is 2.54. The predicted molar refractivity (Wildman–Crippen MR) is 123 cm³/mol. The molecule has 0 atom stereocenters. The molecule has 0 radical (unpaired) electrons. The van der Waals surface area contributed by atoms with Crippen molar-refractivity contribution in [1.82, 2.24) is 0 Å². The van der Waals surface area contributed by atoms with Crippen molar-refractivity contribution in [3.8, 4) is 23.0 Å². The van der Waals surface area contributed by atoms with Crippen molar-refractivity contribution in [2.24, 2.45) is 0 Å². The third-order valence-corrected chi connectivity index (χ3v) is 5.11. The number of hydrogen-bond donors (Lipinski definition) is 0. The summed E-state index contributed by atoms with van der Waals surface area (Å²) in [6, 6.07) is 14.5. The Kier molecular flexibility index (Phi) is 6.87. The molecule has 1 heterocycles. The van der Waals surface area contributed by atoms with Crippen LogP contribution in [-0.4, -0.2) is 26.2 Å². The quantitative estimate of drug-likeness (QED) is 0.242. The second-order valence-corrected chi connectivity index (χ2v) is 7.45. The van der Waals surface area contributed by atoms with E-state index in [2.05, 4.69) is 4.74 Å². The number of carbonyl (C=O) groups excluding carboxylic acids is 2.